The summed E-state index contributed by atoms with van der Waals surface area (Å²) in [5.41, 5.74) is 5.81. The van der Waals surface area contributed by atoms with Crippen molar-refractivity contribution in [1.29, 1.82) is 0 Å². The van der Waals surface area contributed by atoms with Gasteiger partial charge < -0.3 is 11.1 Å². The van der Waals surface area contributed by atoms with Gasteiger partial charge >= 0.3 is 0 Å². The third-order valence-corrected chi connectivity index (χ3v) is 3.77. The third kappa shape index (κ3) is 2.56. The van der Waals surface area contributed by atoms with Crippen LogP contribution in [-0.2, 0) is 0 Å². The number of nitro groups is 1. The molecule has 0 aliphatic carbocycles. The normalized spacial score (nSPS) is 10.5. The molecule has 2 aromatic heterocycles. The first-order chi connectivity index (χ1) is 10.5. The van der Waals surface area contributed by atoms with Crippen LogP contribution in [0.5, 0.6) is 0 Å². The van der Waals surface area contributed by atoms with Crippen molar-refractivity contribution in [3.8, 4) is 0 Å². The first-order valence-corrected chi connectivity index (χ1v) is 6.88. The quantitative estimate of drug-likeness (QED) is 0.565. The van der Waals surface area contributed by atoms with Crippen molar-refractivity contribution >= 4 is 44.8 Å². The average molecular weight is 315 g/mol. The van der Waals surface area contributed by atoms with Gasteiger partial charge in [0.25, 0.3) is 11.6 Å². The summed E-state index contributed by atoms with van der Waals surface area (Å²) in [4.78, 5) is 26.3. The number of fused-ring (bicyclic) bond motifs is 1. The second-order valence-corrected chi connectivity index (χ2v) is 5.20. The standard InChI is InChI=1S/C13H9N5O3S/c14-11-5-7(3-4-15-11)13(19)16-12-9-6-8(18(20)21)1-2-10(9)22-17-12/h1-6H,(H2,14,15)(H,16,17,19). The van der Waals surface area contributed by atoms with Crippen molar-refractivity contribution < 1.29 is 9.72 Å². The highest BCUT2D eigenvalue weighted by Crippen LogP contribution is 2.30. The number of aromatic nitrogens is 2. The number of nitrogens with two attached hydrogens (primary N) is 1. The molecule has 0 fully saturated rings. The molecule has 1 amide bonds. The predicted molar refractivity (Wildman–Crippen MR) is 82.9 cm³/mol. The van der Waals surface area contributed by atoms with Crippen LogP contribution >= 0.6 is 11.5 Å². The number of pyridine rings is 1. The number of nitro benzene ring substituents is 1. The summed E-state index contributed by atoms with van der Waals surface area (Å²) in [5.74, 6) is 0.100. The van der Waals surface area contributed by atoms with Crippen LogP contribution < -0.4 is 11.1 Å². The number of amides is 1. The molecule has 0 aliphatic heterocycles. The van der Waals surface area contributed by atoms with E-state index in [1.807, 2.05) is 0 Å². The highest BCUT2D eigenvalue weighted by atomic mass is 32.1. The Bertz CT molecular complexity index is 892. The number of nitrogens with one attached hydrogen (secondary N) is 1. The van der Waals surface area contributed by atoms with Gasteiger partial charge in [0.05, 0.1) is 9.62 Å². The lowest BCUT2D eigenvalue weighted by molar-refractivity contribution is -0.384. The van der Waals surface area contributed by atoms with E-state index in [2.05, 4.69) is 14.7 Å². The van der Waals surface area contributed by atoms with Crippen molar-refractivity contribution in [2.45, 2.75) is 0 Å². The first kappa shape index (κ1) is 13.9. The summed E-state index contributed by atoms with van der Waals surface area (Å²) < 4.78 is 4.87. The summed E-state index contributed by atoms with van der Waals surface area (Å²) >= 11 is 1.15. The van der Waals surface area contributed by atoms with E-state index < -0.39 is 10.8 Å². The maximum atomic E-state index is 12.2. The third-order valence-electron chi connectivity index (χ3n) is 2.94. The number of carbonyl (C=O) groups excluding carboxylic acids is 1. The second kappa shape index (κ2) is 5.37. The van der Waals surface area contributed by atoms with Gasteiger partial charge in [-0.3, -0.25) is 14.9 Å². The van der Waals surface area contributed by atoms with Crippen LogP contribution in [0.4, 0.5) is 17.3 Å². The molecule has 0 spiro atoms. The van der Waals surface area contributed by atoms with E-state index in [1.165, 1.54) is 30.5 Å². The fourth-order valence-corrected chi connectivity index (χ4v) is 2.62. The lowest BCUT2D eigenvalue weighted by Gasteiger charge is -2.03. The Labute approximate surface area is 127 Å². The fraction of sp³-hybridized carbons (Fsp3) is 0. The van der Waals surface area contributed by atoms with Gasteiger partial charge in [-0.15, -0.1) is 0 Å². The molecular weight excluding hydrogens is 306 g/mol. The van der Waals surface area contributed by atoms with E-state index in [4.69, 9.17) is 5.73 Å². The van der Waals surface area contributed by atoms with Gasteiger partial charge in [-0.05, 0) is 29.7 Å². The van der Waals surface area contributed by atoms with E-state index in [0.717, 1.165) is 16.2 Å². The van der Waals surface area contributed by atoms with Crippen LogP contribution in [0.15, 0.2) is 36.5 Å². The maximum absolute atomic E-state index is 12.2. The number of benzene rings is 1. The van der Waals surface area contributed by atoms with Crippen molar-refractivity contribution in [3.05, 3.63) is 52.2 Å². The number of anilines is 2. The second-order valence-electron chi connectivity index (χ2n) is 4.39. The van der Waals surface area contributed by atoms with Crippen LogP contribution in [-0.4, -0.2) is 20.2 Å². The van der Waals surface area contributed by atoms with Crippen molar-refractivity contribution in [2.75, 3.05) is 11.1 Å². The van der Waals surface area contributed by atoms with Crippen molar-refractivity contribution in [1.82, 2.24) is 9.36 Å². The van der Waals surface area contributed by atoms with Crippen LogP contribution in [0, 0.1) is 10.1 Å². The largest absolute Gasteiger partial charge is 0.384 e. The summed E-state index contributed by atoms with van der Waals surface area (Å²) in [6.07, 6.45) is 1.42. The topological polar surface area (TPSA) is 124 Å². The summed E-state index contributed by atoms with van der Waals surface area (Å²) in [7, 11) is 0. The zero-order valence-corrected chi connectivity index (χ0v) is 11.8. The molecule has 22 heavy (non-hydrogen) atoms. The van der Waals surface area contributed by atoms with Crippen molar-refractivity contribution in [2.24, 2.45) is 0 Å². The molecule has 1 aromatic carbocycles. The molecule has 0 radical (unpaired) electrons. The number of rotatable bonds is 3. The molecule has 0 unspecified atom stereocenters. The number of carbonyl (C=O) groups is 1. The molecule has 3 N–H and O–H groups in total. The molecule has 9 heteroatoms. The lowest BCUT2D eigenvalue weighted by atomic mass is 10.2. The Morgan fingerprint density at radius 1 is 1.32 bits per heavy atom. The van der Waals surface area contributed by atoms with E-state index in [0.29, 0.717) is 10.9 Å². The molecule has 110 valence electrons. The van der Waals surface area contributed by atoms with E-state index in [1.54, 1.807) is 6.07 Å². The summed E-state index contributed by atoms with van der Waals surface area (Å²) in [5, 5.41) is 14.0. The molecule has 3 rings (SSSR count). The van der Waals surface area contributed by atoms with Crippen LogP contribution in [0.2, 0.25) is 0 Å². The number of nitrogens with zero attached hydrogens (tertiary/aromatic N) is 3. The van der Waals surface area contributed by atoms with Crippen molar-refractivity contribution in [3.63, 3.8) is 0 Å². The maximum Gasteiger partial charge on any atom is 0.270 e. The van der Waals surface area contributed by atoms with Gasteiger partial charge in [-0.1, -0.05) is 0 Å². The van der Waals surface area contributed by atoms with Gasteiger partial charge in [0.2, 0.25) is 0 Å². The number of non-ortho nitro benzene ring substituents is 1. The van der Waals surface area contributed by atoms with Crippen LogP contribution in [0.25, 0.3) is 10.1 Å². The minimum Gasteiger partial charge on any atom is -0.384 e. The first-order valence-electron chi connectivity index (χ1n) is 6.11. The molecule has 8 nitrogen and oxygen atoms in total. The summed E-state index contributed by atoms with van der Waals surface area (Å²) in [6.45, 7) is 0. The molecule has 0 atom stereocenters. The van der Waals surface area contributed by atoms with E-state index >= 15 is 0 Å². The Morgan fingerprint density at radius 3 is 2.86 bits per heavy atom. The minimum atomic E-state index is -0.494. The SMILES string of the molecule is Nc1cc(C(=O)Nc2nsc3ccc([N+](=O)[O-])cc23)ccn1. The van der Waals surface area contributed by atoms with Crippen LogP contribution in [0.3, 0.4) is 0 Å². The molecule has 0 saturated heterocycles. The van der Waals surface area contributed by atoms with Gasteiger partial charge in [0.15, 0.2) is 5.82 Å². The number of nitrogen functional groups attached to an aromatic ring is 1. The molecular formula is C13H9N5O3S. The predicted octanol–water partition coefficient (Wildman–Crippen LogP) is 2.43. The molecule has 0 bridgehead atoms. The number of hydrogen-bond donors (Lipinski definition) is 2. The smallest absolute Gasteiger partial charge is 0.270 e. The van der Waals surface area contributed by atoms with Gasteiger partial charge in [-0.2, -0.15) is 4.37 Å². The Morgan fingerprint density at radius 2 is 2.14 bits per heavy atom. The molecule has 0 saturated carbocycles. The van der Waals surface area contributed by atoms with Gasteiger partial charge in [-0.25, -0.2) is 4.98 Å². The average Bonchev–Trinajstić information content (AvgIpc) is 2.89. The summed E-state index contributed by atoms with van der Waals surface area (Å²) in [6, 6.07) is 7.34. The highest BCUT2D eigenvalue weighted by Gasteiger charge is 2.15. The molecule has 0 aliphatic rings. The van der Waals surface area contributed by atoms with E-state index in [9.17, 15) is 14.9 Å². The van der Waals surface area contributed by atoms with Gasteiger partial charge in [0, 0.05) is 29.3 Å². The van der Waals surface area contributed by atoms with Gasteiger partial charge in [0.1, 0.15) is 5.82 Å². The highest BCUT2D eigenvalue weighted by molar-refractivity contribution is 7.13. The number of hydrogen-bond acceptors (Lipinski definition) is 7. The zero-order valence-electron chi connectivity index (χ0n) is 11.0. The zero-order chi connectivity index (χ0) is 15.7. The Hall–Kier alpha value is -3.07. The van der Waals surface area contributed by atoms with Crippen LogP contribution in [0.1, 0.15) is 10.4 Å². The lowest BCUT2D eigenvalue weighted by Crippen LogP contribution is -2.12. The fourth-order valence-electron chi connectivity index (χ4n) is 1.90. The Balaban J connectivity index is 1.95. The minimum absolute atomic E-state index is 0.0589. The van der Waals surface area contributed by atoms with E-state index in [-0.39, 0.29) is 17.3 Å². The Kier molecular flexibility index (Phi) is 3.39. The molecule has 2 heterocycles. The molecule has 3 aromatic rings. The monoisotopic (exact) mass is 315 g/mol.